The van der Waals surface area contributed by atoms with Crippen LogP contribution in [0, 0.1) is 0 Å². The van der Waals surface area contributed by atoms with E-state index in [1.54, 1.807) is 0 Å². The number of nitrogens with one attached hydrogen (secondary N) is 2. The minimum Gasteiger partial charge on any atom is -0.318 e. The number of hydrogen-bond acceptors (Lipinski definition) is 3. The fourth-order valence-electron chi connectivity index (χ4n) is 1.26. The summed E-state index contributed by atoms with van der Waals surface area (Å²) in [7, 11) is 3.66. The number of rotatable bonds is 5. The summed E-state index contributed by atoms with van der Waals surface area (Å²) in [4.78, 5) is 1.91. The molecule has 1 rings (SSSR count). The van der Waals surface area contributed by atoms with Crippen LogP contribution in [-0.2, 0) is 12.7 Å². The SMILES string of the molecule is CNCCN(C)Cc1cc(C(F)(F)F)n[nH]1. The molecule has 0 aliphatic heterocycles. The van der Waals surface area contributed by atoms with Crippen molar-refractivity contribution in [1.29, 1.82) is 0 Å². The quantitative estimate of drug-likeness (QED) is 0.804. The van der Waals surface area contributed by atoms with Gasteiger partial charge in [-0.1, -0.05) is 0 Å². The first-order valence-corrected chi connectivity index (χ1v) is 4.88. The number of nitrogens with zero attached hydrogens (tertiary/aromatic N) is 2. The molecule has 0 radical (unpaired) electrons. The summed E-state index contributed by atoms with van der Waals surface area (Å²) >= 11 is 0. The summed E-state index contributed by atoms with van der Waals surface area (Å²) in [6.45, 7) is 1.97. The van der Waals surface area contributed by atoms with E-state index in [0.717, 1.165) is 19.2 Å². The summed E-state index contributed by atoms with van der Waals surface area (Å²) in [5, 5.41) is 8.58. The van der Waals surface area contributed by atoms with Crippen LogP contribution in [0.4, 0.5) is 13.2 Å². The molecule has 16 heavy (non-hydrogen) atoms. The first-order chi connectivity index (χ1) is 7.43. The molecule has 7 heteroatoms. The molecular weight excluding hydrogens is 221 g/mol. The van der Waals surface area contributed by atoms with Gasteiger partial charge in [0.2, 0.25) is 0 Å². The number of aromatic nitrogens is 2. The summed E-state index contributed by atoms with van der Waals surface area (Å²) < 4.78 is 36.7. The maximum Gasteiger partial charge on any atom is 0.435 e. The molecule has 0 saturated heterocycles. The first-order valence-electron chi connectivity index (χ1n) is 4.88. The van der Waals surface area contributed by atoms with Gasteiger partial charge in [0.25, 0.3) is 0 Å². The molecule has 1 aromatic heterocycles. The standard InChI is InChI=1S/C9H15F3N4/c1-13-3-4-16(2)6-7-5-8(15-14-7)9(10,11)12/h5,13H,3-4,6H2,1-2H3,(H,14,15). The smallest absolute Gasteiger partial charge is 0.318 e. The van der Waals surface area contributed by atoms with Gasteiger partial charge in [-0.3, -0.25) is 10.00 Å². The third-order valence-electron chi connectivity index (χ3n) is 2.11. The summed E-state index contributed by atoms with van der Waals surface area (Å²) in [5.41, 5.74) is -0.407. The van der Waals surface area contributed by atoms with E-state index in [9.17, 15) is 13.2 Å². The topological polar surface area (TPSA) is 44.0 Å². The van der Waals surface area contributed by atoms with Crippen LogP contribution in [0.25, 0.3) is 0 Å². The number of hydrogen-bond donors (Lipinski definition) is 2. The molecule has 0 amide bonds. The van der Waals surface area contributed by atoms with E-state index >= 15 is 0 Å². The highest BCUT2D eigenvalue weighted by molar-refractivity contribution is 5.11. The third kappa shape index (κ3) is 3.82. The number of halogens is 3. The number of H-pyrrole nitrogens is 1. The van der Waals surface area contributed by atoms with Crippen LogP contribution in [-0.4, -0.2) is 42.3 Å². The van der Waals surface area contributed by atoms with E-state index < -0.39 is 11.9 Å². The van der Waals surface area contributed by atoms with Crippen molar-refractivity contribution in [3.63, 3.8) is 0 Å². The lowest BCUT2D eigenvalue weighted by Gasteiger charge is -2.14. The number of likely N-dealkylation sites (N-methyl/N-ethyl adjacent to an activating group) is 2. The van der Waals surface area contributed by atoms with Crippen molar-refractivity contribution in [2.45, 2.75) is 12.7 Å². The Morgan fingerprint density at radius 1 is 1.50 bits per heavy atom. The summed E-state index contributed by atoms with van der Waals surface area (Å²) in [6, 6.07) is 1.04. The molecule has 0 aliphatic rings. The maximum atomic E-state index is 12.2. The molecule has 0 fully saturated rings. The first kappa shape index (κ1) is 13.0. The monoisotopic (exact) mass is 236 g/mol. The number of aromatic amines is 1. The van der Waals surface area contributed by atoms with Crippen LogP contribution < -0.4 is 5.32 Å². The second-order valence-corrected chi connectivity index (χ2v) is 3.62. The fourth-order valence-corrected chi connectivity index (χ4v) is 1.26. The predicted octanol–water partition coefficient (Wildman–Crippen LogP) is 1.08. The van der Waals surface area contributed by atoms with Gasteiger partial charge >= 0.3 is 6.18 Å². The van der Waals surface area contributed by atoms with Crippen molar-refractivity contribution in [2.24, 2.45) is 0 Å². The lowest BCUT2D eigenvalue weighted by atomic mass is 10.3. The average Bonchev–Trinajstić information content (AvgIpc) is 2.62. The van der Waals surface area contributed by atoms with Crippen molar-refractivity contribution in [2.75, 3.05) is 27.2 Å². The van der Waals surface area contributed by atoms with Crippen molar-refractivity contribution in [3.8, 4) is 0 Å². The highest BCUT2D eigenvalue weighted by atomic mass is 19.4. The van der Waals surface area contributed by atoms with E-state index in [1.165, 1.54) is 0 Å². The van der Waals surface area contributed by atoms with Crippen LogP contribution in [0.1, 0.15) is 11.4 Å². The van der Waals surface area contributed by atoms with Gasteiger partial charge in [0.05, 0.1) is 0 Å². The molecule has 0 spiro atoms. The Kier molecular flexibility index (Phi) is 4.31. The molecule has 1 heterocycles. The Balaban J connectivity index is 2.52. The third-order valence-corrected chi connectivity index (χ3v) is 2.11. The zero-order chi connectivity index (χ0) is 12.2. The lowest BCUT2D eigenvalue weighted by molar-refractivity contribution is -0.141. The van der Waals surface area contributed by atoms with Crippen LogP contribution in [0.2, 0.25) is 0 Å². The van der Waals surface area contributed by atoms with E-state index in [1.807, 2.05) is 19.0 Å². The highest BCUT2D eigenvalue weighted by Crippen LogP contribution is 2.27. The zero-order valence-corrected chi connectivity index (χ0v) is 9.23. The van der Waals surface area contributed by atoms with Gasteiger partial charge in [-0.25, -0.2) is 0 Å². The Labute approximate surface area is 91.8 Å². The molecule has 0 aromatic carbocycles. The summed E-state index contributed by atoms with van der Waals surface area (Å²) in [5.74, 6) is 0. The Bertz CT molecular complexity index is 321. The van der Waals surface area contributed by atoms with Gasteiger partial charge in [0.1, 0.15) is 0 Å². The Morgan fingerprint density at radius 3 is 2.69 bits per heavy atom. The van der Waals surface area contributed by atoms with E-state index in [0.29, 0.717) is 12.2 Å². The Hall–Kier alpha value is -1.08. The Morgan fingerprint density at radius 2 is 2.19 bits per heavy atom. The minimum atomic E-state index is -4.38. The van der Waals surface area contributed by atoms with Crippen molar-refractivity contribution < 1.29 is 13.2 Å². The van der Waals surface area contributed by atoms with Crippen LogP contribution in [0.3, 0.4) is 0 Å². The van der Waals surface area contributed by atoms with Crippen molar-refractivity contribution in [3.05, 3.63) is 17.5 Å². The fraction of sp³-hybridized carbons (Fsp3) is 0.667. The molecule has 2 N–H and O–H groups in total. The summed E-state index contributed by atoms with van der Waals surface area (Å²) in [6.07, 6.45) is -4.38. The minimum absolute atomic E-state index is 0.421. The van der Waals surface area contributed by atoms with Gasteiger partial charge in [0, 0.05) is 25.3 Å². The highest BCUT2D eigenvalue weighted by Gasteiger charge is 2.33. The van der Waals surface area contributed by atoms with E-state index in [-0.39, 0.29) is 0 Å². The predicted molar refractivity (Wildman–Crippen MR) is 53.9 cm³/mol. The van der Waals surface area contributed by atoms with E-state index in [4.69, 9.17) is 0 Å². The van der Waals surface area contributed by atoms with Crippen molar-refractivity contribution >= 4 is 0 Å². The molecule has 0 unspecified atom stereocenters. The second kappa shape index (κ2) is 5.31. The second-order valence-electron chi connectivity index (χ2n) is 3.62. The van der Waals surface area contributed by atoms with Gasteiger partial charge < -0.3 is 5.32 Å². The van der Waals surface area contributed by atoms with Crippen LogP contribution in [0.5, 0.6) is 0 Å². The molecule has 4 nitrogen and oxygen atoms in total. The largest absolute Gasteiger partial charge is 0.435 e. The van der Waals surface area contributed by atoms with Crippen molar-refractivity contribution in [1.82, 2.24) is 20.4 Å². The van der Waals surface area contributed by atoms with Gasteiger partial charge in [-0.2, -0.15) is 18.3 Å². The average molecular weight is 236 g/mol. The zero-order valence-electron chi connectivity index (χ0n) is 9.23. The molecule has 0 saturated carbocycles. The van der Waals surface area contributed by atoms with Gasteiger partial charge in [-0.15, -0.1) is 0 Å². The maximum absolute atomic E-state index is 12.2. The molecule has 0 bridgehead atoms. The molecular formula is C9H15F3N4. The molecule has 92 valence electrons. The lowest BCUT2D eigenvalue weighted by Crippen LogP contribution is -2.27. The molecule has 1 aromatic rings. The molecule has 0 atom stereocenters. The van der Waals surface area contributed by atoms with Crippen LogP contribution >= 0.6 is 0 Å². The van der Waals surface area contributed by atoms with Gasteiger partial charge in [0.15, 0.2) is 5.69 Å². The molecule has 0 aliphatic carbocycles. The normalized spacial score (nSPS) is 12.4. The van der Waals surface area contributed by atoms with E-state index in [2.05, 4.69) is 15.5 Å². The van der Waals surface area contributed by atoms with Crippen LogP contribution in [0.15, 0.2) is 6.07 Å². The number of alkyl halides is 3. The van der Waals surface area contributed by atoms with Gasteiger partial charge in [-0.05, 0) is 20.2 Å².